The summed E-state index contributed by atoms with van der Waals surface area (Å²) in [6, 6.07) is 6.85. The molecule has 1 aliphatic rings. The summed E-state index contributed by atoms with van der Waals surface area (Å²) in [6.07, 6.45) is 5.32. The Balaban J connectivity index is 1.74. The molecule has 0 saturated heterocycles. The highest BCUT2D eigenvalue weighted by atomic mass is 16.6. The van der Waals surface area contributed by atoms with E-state index in [0.29, 0.717) is 17.5 Å². The van der Waals surface area contributed by atoms with Crippen LogP contribution in [0, 0.1) is 0 Å². The van der Waals surface area contributed by atoms with Crippen molar-refractivity contribution in [2.24, 2.45) is 0 Å². The van der Waals surface area contributed by atoms with Crippen molar-refractivity contribution in [1.82, 2.24) is 0 Å². The fourth-order valence-corrected chi connectivity index (χ4v) is 3.83. The summed E-state index contributed by atoms with van der Waals surface area (Å²) in [7, 11) is 0. The van der Waals surface area contributed by atoms with Gasteiger partial charge in [-0.05, 0) is 18.6 Å². The fraction of sp³-hybridized carbons (Fsp3) is 0.458. The molecule has 7 nitrogen and oxygen atoms in total. The van der Waals surface area contributed by atoms with Crippen LogP contribution in [0.2, 0.25) is 0 Å². The first-order valence-corrected chi connectivity index (χ1v) is 10.8. The molecular weight excluding hydrogens is 400 g/mol. The Labute approximate surface area is 181 Å². The molecule has 0 amide bonds. The van der Waals surface area contributed by atoms with E-state index in [1.807, 2.05) is 0 Å². The fourth-order valence-electron chi connectivity index (χ4n) is 3.83. The second-order valence-electron chi connectivity index (χ2n) is 7.98. The average molecular weight is 430 g/mol. The molecule has 0 unspecified atom stereocenters. The molecule has 1 aliphatic heterocycles. The van der Waals surface area contributed by atoms with Crippen molar-refractivity contribution >= 4 is 5.97 Å². The molecule has 0 radical (unpaired) electrons. The summed E-state index contributed by atoms with van der Waals surface area (Å²) >= 11 is 0. The number of hydrogen-bond acceptors (Lipinski definition) is 7. The predicted molar refractivity (Wildman–Crippen MR) is 114 cm³/mol. The van der Waals surface area contributed by atoms with Crippen molar-refractivity contribution in [1.29, 1.82) is 0 Å². The molecule has 31 heavy (non-hydrogen) atoms. The lowest BCUT2D eigenvalue weighted by Crippen LogP contribution is -2.34. The van der Waals surface area contributed by atoms with Gasteiger partial charge in [-0.2, -0.15) is 0 Å². The zero-order valence-electron chi connectivity index (χ0n) is 17.7. The summed E-state index contributed by atoms with van der Waals surface area (Å²) in [5, 5.41) is 39.5. The minimum absolute atomic E-state index is 0.140. The molecule has 0 saturated carbocycles. The van der Waals surface area contributed by atoms with Gasteiger partial charge in [-0.3, -0.25) is 4.79 Å². The number of carbonyl (C=O) groups excluding carboxylic acids is 1. The number of fused-ring (bicyclic) bond motifs is 1. The summed E-state index contributed by atoms with van der Waals surface area (Å²) in [4.78, 5) is 12.5. The van der Waals surface area contributed by atoms with Crippen LogP contribution in [0.15, 0.2) is 30.3 Å². The average Bonchev–Trinajstić information content (AvgIpc) is 2.72. The molecule has 4 N–H and O–H groups in total. The third kappa shape index (κ3) is 5.75. The highest BCUT2D eigenvalue weighted by molar-refractivity contribution is 5.69. The monoisotopic (exact) mass is 430 g/mol. The van der Waals surface area contributed by atoms with Crippen LogP contribution in [0.4, 0.5) is 0 Å². The lowest BCUT2D eigenvalue weighted by molar-refractivity contribution is -0.155. The van der Waals surface area contributed by atoms with E-state index in [9.17, 15) is 25.2 Å². The van der Waals surface area contributed by atoms with Crippen molar-refractivity contribution in [3.05, 3.63) is 41.5 Å². The molecule has 0 aromatic heterocycles. The number of phenolic OH excluding ortho intramolecular Hbond substituents is 4. The number of hydrogen-bond donors (Lipinski definition) is 4. The van der Waals surface area contributed by atoms with Gasteiger partial charge in [0.15, 0.2) is 17.6 Å². The molecular formula is C24H30O7. The maximum Gasteiger partial charge on any atom is 0.306 e. The van der Waals surface area contributed by atoms with Crippen molar-refractivity contribution in [2.75, 3.05) is 0 Å². The number of phenols is 4. The zero-order chi connectivity index (χ0) is 22.4. The van der Waals surface area contributed by atoms with Gasteiger partial charge in [0.05, 0.1) is 0 Å². The third-order valence-corrected chi connectivity index (χ3v) is 5.51. The number of carbonyl (C=O) groups is 1. The van der Waals surface area contributed by atoms with E-state index in [0.717, 1.165) is 25.7 Å². The summed E-state index contributed by atoms with van der Waals surface area (Å²) in [6.45, 7) is 2.16. The van der Waals surface area contributed by atoms with Crippen molar-refractivity contribution < 1.29 is 34.7 Å². The van der Waals surface area contributed by atoms with Crippen LogP contribution < -0.4 is 4.74 Å². The summed E-state index contributed by atoms with van der Waals surface area (Å²) in [5.74, 6) is -0.951. The van der Waals surface area contributed by atoms with E-state index < -0.39 is 12.2 Å². The van der Waals surface area contributed by atoms with E-state index in [1.165, 1.54) is 37.1 Å². The van der Waals surface area contributed by atoms with Gasteiger partial charge in [0, 0.05) is 36.1 Å². The van der Waals surface area contributed by atoms with E-state index in [2.05, 4.69) is 6.92 Å². The van der Waals surface area contributed by atoms with Crippen LogP contribution in [0.1, 0.15) is 69.1 Å². The minimum Gasteiger partial charge on any atom is -0.508 e. The second kappa shape index (κ2) is 10.3. The Morgan fingerprint density at radius 3 is 2.45 bits per heavy atom. The Bertz CT molecular complexity index is 909. The number of esters is 1. The number of benzene rings is 2. The minimum atomic E-state index is -0.770. The Morgan fingerprint density at radius 2 is 1.71 bits per heavy atom. The van der Waals surface area contributed by atoms with Gasteiger partial charge in [0.2, 0.25) is 0 Å². The highest BCUT2D eigenvalue weighted by Crippen LogP contribution is 2.43. The standard InChI is InChI=1S/C24H30O7/c1-2-3-4-5-6-7-8-23(29)30-22-14-17-19(27)12-16(25)13-21(17)31-24(22)15-9-10-18(26)20(28)11-15/h9-13,22,24-28H,2-8,14H2,1H3/t22-,24-/m1/s1. The van der Waals surface area contributed by atoms with Crippen molar-refractivity contribution in [2.45, 2.75) is 70.5 Å². The lowest BCUT2D eigenvalue weighted by Gasteiger charge is -2.34. The number of aromatic hydroxyl groups is 4. The van der Waals surface area contributed by atoms with E-state index >= 15 is 0 Å². The number of ether oxygens (including phenoxy) is 2. The second-order valence-corrected chi connectivity index (χ2v) is 7.98. The van der Waals surface area contributed by atoms with Crippen LogP contribution in [0.5, 0.6) is 28.7 Å². The Hall–Kier alpha value is -3.09. The quantitative estimate of drug-likeness (QED) is 0.255. The van der Waals surface area contributed by atoms with E-state index in [-0.39, 0.29) is 41.1 Å². The van der Waals surface area contributed by atoms with Gasteiger partial charge < -0.3 is 29.9 Å². The lowest BCUT2D eigenvalue weighted by atomic mass is 9.93. The van der Waals surface area contributed by atoms with E-state index in [4.69, 9.17) is 9.47 Å². The smallest absolute Gasteiger partial charge is 0.306 e. The van der Waals surface area contributed by atoms with Gasteiger partial charge in [-0.1, -0.05) is 45.1 Å². The van der Waals surface area contributed by atoms with Gasteiger partial charge >= 0.3 is 5.97 Å². The molecule has 0 aliphatic carbocycles. The topological polar surface area (TPSA) is 116 Å². The van der Waals surface area contributed by atoms with E-state index in [1.54, 1.807) is 6.07 Å². The first-order chi connectivity index (χ1) is 14.9. The SMILES string of the molecule is CCCCCCCCC(=O)O[C@@H]1Cc2c(O)cc(O)cc2O[C@@H]1c1ccc(O)c(O)c1. The first kappa shape index (κ1) is 22.6. The van der Waals surface area contributed by atoms with Gasteiger partial charge in [0.25, 0.3) is 0 Å². The molecule has 3 rings (SSSR count). The predicted octanol–water partition coefficient (Wildman–Crippen LogP) is 4.85. The molecule has 0 fully saturated rings. The van der Waals surface area contributed by atoms with Crippen LogP contribution >= 0.6 is 0 Å². The molecule has 7 heteroatoms. The van der Waals surface area contributed by atoms with Gasteiger partial charge in [-0.25, -0.2) is 0 Å². The van der Waals surface area contributed by atoms with Crippen molar-refractivity contribution in [3.63, 3.8) is 0 Å². The normalized spacial score (nSPS) is 17.6. The van der Waals surface area contributed by atoms with Crippen LogP contribution in [-0.4, -0.2) is 32.5 Å². The maximum absolute atomic E-state index is 12.5. The largest absolute Gasteiger partial charge is 0.508 e. The molecule has 2 aromatic carbocycles. The highest BCUT2D eigenvalue weighted by Gasteiger charge is 2.36. The zero-order valence-corrected chi connectivity index (χ0v) is 17.7. The summed E-state index contributed by atoms with van der Waals surface area (Å²) in [5.41, 5.74) is 0.940. The van der Waals surface area contributed by atoms with Crippen LogP contribution in [-0.2, 0) is 16.0 Å². The third-order valence-electron chi connectivity index (χ3n) is 5.51. The Morgan fingerprint density at radius 1 is 0.968 bits per heavy atom. The summed E-state index contributed by atoms with van der Waals surface area (Å²) < 4.78 is 11.7. The number of rotatable bonds is 9. The van der Waals surface area contributed by atoms with Gasteiger partial charge in [-0.15, -0.1) is 0 Å². The molecule has 1 heterocycles. The maximum atomic E-state index is 12.5. The van der Waals surface area contributed by atoms with Crippen LogP contribution in [0.25, 0.3) is 0 Å². The molecule has 0 bridgehead atoms. The molecule has 168 valence electrons. The van der Waals surface area contributed by atoms with Crippen molar-refractivity contribution in [3.8, 4) is 28.7 Å². The molecule has 2 aromatic rings. The van der Waals surface area contributed by atoms with Crippen LogP contribution in [0.3, 0.4) is 0 Å². The van der Waals surface area contributed by atoms with Gasteiger partial charge in [0.1, 0.15) is 23.4 Å². The molecule has 0 spiro atoms. The Kier molecular flexibility index (Phi) is 7.50. The number of unbranched alkanes of at least 4 members (excludes halogenated alkanes) is 5. The molecule has 2 atom stereocenters. The first-order valence-electron chi connectivity index (χ1n) is 10.8.